The Morgan fingerprint density at radius 1 is 1.00 bits per heavy atom. The van der Waals surface area contributed by atoms with Gasteiger partial charge < -0.3 is 34.3 Å². The molecule has 8 nitrogen and oxygen atoms in total. The number of hydrogen-bond donors (Lipinski definition) is 4. The molecular weight excluding hydrogens is 399 g/mol. The molecule has 0 unspecified atom stereocenters. The Labute approximate surface area is 169 Å². The lowest BCUT2D eigenvalue weighted by Crippen LogP contribution is -2.60. The van der Waals surface area contributed by atoms with E-state index in [4.69, 9.17) is 13.9 Å². The fourth-order valence-corrected chi connectivity index (χ4v) is 3.31. The maximum atomic E-state index is 13.1. The predicted molar refractivity (Wildman–Crippen MR) is 102 cm³/mol. The molecule has 30 heavy (non-hydrogen) atoms. The monoisotopic (exact) mass is 418 g/mol. The topological polar surface area (TPSA) is 130 Å². The van der Waals surface area contributed by atoms with E-state index in [0.29, 0.717) is 5.56 Å². The molecule has 9 heteroatoms. The lowest BCUT2D eigenvalue weighted by atomic mass is 9.99. The highest BCUT2D eigenvalue weighted by molar-refractivity contribution is 5.82. The first-order valence-electron chi connectivity index (χ1n) is 9.17. The second-order valence-electron chi connectivity index (χ2n) is 6.96. The molecule has 0 radical (unpaired) electrons. The summed E-state index contributed by atoms with van der Waals surface area (Å²) in [5, 5.41) is 39.3. The van der Waals surface area contributed by atoms with Gasteiger partial charge in [-0.1, -0.05) is 12.1 Å². The molecule has 0 amide bonds. The highest BCUT2D eigenvalue weighted by atomic mass is 19.1. The van der Waals surface area contributed by atoms with Gasteiger partial charge in [0.05, 0.1) is 17.6 Å². The minimum Gasteiger partial charge on any atom is -0.463 e. The molecule has 1 fully saturated rings. The molecule has 158 valence electrons. The molecule has 0 aliphatic carbocycles. The molecule has 5 atom stereocenters. The molecular formula is C21H19FO8. The summed E-state index contributed by atoms with van der Waals surface area (Å²) in [7, 11) is 0. The molecule has 4 N–H and O–H groups in total. The van der Waals surface area contributed by atoms with Crippen LogP contribution in [0, 0.1) is 5.82 Å². The third kappa shape index (κ3) is 3.69. The average Bonchev–Trinajstić information content (AvgIpc) is 2.75. The van der Waals surface area contributed by atoms with Gasteiger partial charge in [-0.25, -0.2) is 4.39 Å². The van der Waals surface area contributed by atoms with Crippen LogP contribution in [0.5, 0.6) is 5.75 Å². The van der Waals surface area contributed by atoms with E-state index in [1.54, 1.807) is 0 Å². The number of halogens is 1. The van der Waals surface area contributed by atoms with E-state index in [1.807, 2.05) is 0 Å². The molecule has 4 rings (SSSR count). The predicted octanol–water partition coefficient (Wildman–Crippen LogP) is 0.778. The van der Waals surface area contributed by atoms with Gasteiger partial charge in [0, 0.05) is 6.07 Å². The van der Waals surface area contributed by atoms with Crippen LogP contribution in [0.1, 0.15) is 0 Å². The van der Waals surface area contributed by atoms with Crippen LogP contribution in [0.2, 0.25) is 0 Å². The molecule has 2 heterocycles. The molecule has 1 saturated heterocycles. The third-order valence-electron chi connectivity index (χ3n) is 5.00. The van der Waals surface area contributed by atoms with Gasteiger partial charge in [0.15, 0.2) is 5.43 Å². The molecule has 0 spiro atoms. The molecule has 0 saturated carbocycles. The first-order valence-corrected chi connectivity index (χ1v) is 9.17. The van der Waals surface area contributed by atoms with E-state index in [1.165, 1.54) is 48.7 Å². The van der Waals surface area contributed by atoms with E-state index in [-0.39, 0.29) is 27.7 Å². The smallest absolute Gasteiger partial charge is 0.229 e. The molecule has 1 aliphatic heterocycles. The zero-order valence-corrected chi connectivity index (χ0v) is 15.5. The molecule has 1 aliphatic rings. The molecule has 1 aromatic heterocycles. The van der Waals surface area contributed by atoms with Crippen LogP contribution >= 0.6 is 0 Å². The molecule has 2 aromatic carbocycles. The Morgan fingerprint density at radius 3 is 2.43 bits per heavy atom. The van der Waals surface area contributed by atoms with Crippen molar-refractivity contribution in [2.24, 2.45) is 0 Å². The Balaban J connectivity index is 1.62. The second kappa shape index (κ2) is 8.13. The fourth-order valence-electron chi connectivity index (χ4n) is 3.31. The van der Waals surface area contributed by atoms with Crippen molar-refractivity contribution >= 4 is 11.0 Å². The third-order valence-corrected chi connectivity index (χ3v) is 5.00. The summed E-state index contributed by atoms with van der Waals surface area (Å²) in [6.07, 6.45) is -5.84. The minimum atomic E-state index is -1.57. The summed E-state index contributed by atoms with van der Waals surface area (Å²) >= 11 is 0. The lowest BCUT2D eigenvalue weighted by molar-refractivity contribution is -0.277. The molecule has 3 aromatic rings. The van der Waals surface area contributed by atoms with E-state index < -0.39 is 43.1 Å². The number of aliphatic hydroxyl groups excluding tert-OH is 4. The Kier molecular flexibility index (Phi) is 5.54. The van der Waals surface area contributed by atoms with Gasteiger partial charge in [0.25, 0.3) is 0 Å². The summed E-state index contributed by atoms with van der Waals surface area (Å²) in [5.74, 6) is -0.247. The van der Waals surface area contributed by atoms with Crippen LogP contribution in [0.3, 0.4) is 0 Å². The second-order valence-corrected chi connectivity index (χ2v) is 6.96. The number of benzene rings is 2. The maximum Gasteiger partial charge on any atom is 0.229 e. The van der Waals surface area contributed by atoms with Crippen molar-refractivity contribution in [3.05, 3.63) is 64.8 Å². The van der Waals surface area contributed by atoms with Crippen molar-refractivity contribution in [1.82, 2.24) is 0 Å². The summed E-state index contributed by atoms with van der Waals surface area (Å²) in [6, 6.07) is 9.77. The van der Waals surface area contributed by atoms with Crippen molar-refractivity contribution in [3.8, 4) is 16.9 Å². The largest absolute Gasteiger partial charge is 0.463 e. The first-order chi connectivity index (χ1) is 14.4. The summed E-state index contributed by atoms with van der Waals surface area (Å²) < 4.78 is 29.5. The summed E-state index contributed by atoms with van der Waals surface area (Å²) in [4.78, 5) is 12.8. The quantitative estimate of drug-likeness (QED) is 0.489. The van der Waals surface area contributed by atoms with Crippen LogP contribution in [0.4, 0.5) is 4.39 Å². The van der Waals surface area contributed by atoms with Crippen molar-refractivity contribution in [1.29, 1.82) is 0 Å². The number of rotatable bonds is 4. The van der Waals surface area contributed by atoms with Gasteiger partial charge >= 0.3 is 0 Å². The van der Waals surface area contributed by atoms with Gasteiger partial charge in [-0.3, -0.25) is 4.79 Å². The standard InChI is InChI=1S/C21H19FO8/c22-11-3-1-10(2-4-11)14-9-28-15-7-12(5-6-13(15)17(14)24)29-21-20(27)19(26)18(25)16(8-23)30-21/h1-7,9,16,18-21,23,25-27H,8H2/t16-,18+,19+,20-,21-/m0/s1. The van der Waals surface area contributed by atoms with E-state index >= 15 is 0 Å². The highest BCUT2D eigenvalue weighted by Crippen LogP contribution is 2.27. The van der Waals surface area contributed by atoms with E-state index in [2.05, 4.69) is 0 Å². The van der Waals surface area contributed by atoms with E-state index in [9.17, 15) is 29.6 Å². The van der Waals surface area contributed by atoms with Gasteiger partial charge in [0.1, 0.15) is 47.8 Å². The van der Waals surface area contributed by atoms with Gasteiger partial charge in [-0.05, 0) is 29.8 Å². The number of aliphatic hydroxyl groups is 4. The normalized spacial score (nSPS) is 26.6. The Morgan fingerprint density at radius 2 is 1.73 bits per heavy atom. The maximum absolute atomic E-state index is 13.1. The van der Waals surface area contributed by atoms with Crippen LogP contribution < -0.4 is 10.2 Å². The van der Waals surface area contributed by atoms with Crippen molar-refractivity contribution < 1.29 is 38.7 Å². The van der Waals surface area contributed by atoms with Crippen molar-refractivity contribution in [2.45, 2.75) is 30.7 Å². The van der Waals surface area contributed by atoms with Gasteiger partial charge in [-0.15, -0.1) is 0 Å². The SMILES string of the molecule is O=c1c(-c2ccc(F)cc2)coc2cc(O[C@H]3O[C@@H](CO)[C@@H](O)[C@@H](O)[C@@H]3O)ccc12. The van der Waals surface area contributed by atoms with Crippen molar-refractivity contribution in [3.63, 3.8) is 0 Å². The highest BCUT2D eigenvalue weighted by Gasteiger charge is 2.44. The van der Waals surface area contributed by atoms with Gasteiger partial charge in [-0.2, -0.15) is 0 Å². The zero-order chi connectivity index (χ0) is 21.4. The van der Waals surface area contributed by atoms with Crippen LogP contribution in [-0.2, 0) is 4.74 Å². The molecule has 0 bridgehead atoms. The van der Waals surface area contributed by atoms with Crippen LogP contribution in [0.15, 0.2) is 57.9 Å². The van der Waals surface area contributed by atoms with Gasteiger partial charge in [0.2, 0.25) is 6.29 Å². The first kappa shape index (κ1) is 20.5. The zero-order valence-electron chi connectivity index (χ0n) is 15.5. The minimum absolute atomic E-state index is 0.171. The van der Waals surface area contributed by atoms with E-state index in [0.717, 1.165) is 0 Å². The Hall–Kier alpha value is -2.82. The van der Waals surface area contributed by atoms with Crippen LogP contribution in [-0.4, -0.2) is 57.7 Å². The summed E-state index contributed by atoms with van der Waals surface area (Å²) in [5.41, 5.74) is 0.661. The summed E-state index contributed by atoms with van der Waals surface area (Å²) in [6.45, 7) is -0.580. The number of fused-ring (bicyclic) bond motifs is 1. The fraction of sp³-hybridized carbons (Fsp3) is 0.286. The number of hydrogen-bond acceptors (Lipinski definition) is 8. The Bertz CT molecular complexity index is 1090. The average molecular weight is 418 g/mol. The number of ether oxygens (including phenoxy) is 2. The van der Waals surface area contributed by atoms with Crippen molar-refractivity contribution in [2.75, 3.05) is 6.61 Å². The lowest BCUT2D eigenvalue weighted by Gasteiger charge is -2.39. The van der Waals surface area contributed by atoms with Crippen LogP contribution in [0.25, 0.3) is 22.1 Å².